The quantitative estimate of drug-likeness (QED) is 0.667. The van der Waals surface area contributed by atoms with Gasteiger partial charge in [-0.25, -0.2) is 5.90 Å². The highest BCUT2D eigenvalue weighted by atomic mass is 16.6. The first-order chi connectivity index (χ1) is 6.63. The Morgan fingerprint density at radius 1 is 1.36 bits per heavy atom. The molecule has 82 valence electrons. The molecule has 1 saturated carbocycles. The molecule has 4 heteroatoms. The van der Waals surface area contributed by atoms with Crippen molar-refractivity contribution in [2.75, 3.05) is 0 Å². The molecule has 0 aromatic carbocycles. The third-order valence-corrected chi connectivity index (χ3v) is 2.74. The first kappa shape index (κ1) is 11.5. The van der Waals surface area contributed by atoms with E-state index < -0.39 is 0 Å². The first-order valence-electron chi connectivity index (χ1n) is 5.29. The Labute approximate surface area is 85.1 Å². The average Bonchev–Trinajstić information content (AvgIpc) is 2.19. The summed E-state index contributed by atoms with van der Waals surface area (Å²) in [6.07, 6.45) is 4.02. The van der Waals surface area contributed by atoms with Crippen LogP contribution in [0.1, 0.15) is 39.5 Å². The summed E-state index contributed by atoms with van der Waals surface area (Å²) < 4.78 is 0. The van der Waals surface area contributed by atoms with Gasteiger partial charge >= 0.3 is 0 Å². The van der Waals surface area contributed by atoms with Crippen LogP contribution >= 0.6 is 0 Å². The largest absolute Gasteiger partial charge is 0.353 e. The third kappa shape index (κ3) is 3.27. The lowest BCUT2D eigenvalue weighted by Gasteiger charge is -2.28. The smallest absolute Gasteiger partial charge is 0.222 e. The van der Waals surface area contributed by atoms with Crippen molar-refractivity contribution in [2.24, 2.45) is 11.8 Å². The Hall–Kier alpha value is -0.610. The molecule has 0 unspecified atom stereocenters. The van der Waals surface area contributed by atoms with Gasteiger partial charge < -0.3 is 10.2 Å². The van der Waals surface area contributed by atoms with Gasteiger partial charge in [0.2, 0.25) is 5.91 Å². The summed E-state index contributed by atoms with van der Waals surface area (Å²) in [5, 5.41) is 3.03. The van der Waals surface area contributed by atoms with Crippen molar-refractivity contribution in [3.8, 4) is 0 Å². The topological polar surface area (TPSA) is 64.3 Å². The molecule has 0 spiro atoms. The maximum absolute atomic E-state index is 11.4. The molecule has 3 N–H and O–H groups in total. The van der Waals surface area contributed by atoms with E-state index in [1.165, 1.54) is 0 Å². The Morgan fingerprint density at radius 2 is 1.93 bits per heavy atom. The van der Waals surface area contributed by atoms with Gasteiger partial charge in [0.1, 0.15) is 0 Å². The van der Waals surface area contributed by atoms with Crippen LogP contribution in [0.5, 0.6) is 0 Å². The van der Waals surface area contributed by atoms with Crippen molar-refractivity contribution in [1.29, 1.82) is 0 Å². The van der Waals surface area contributed by atoms with E-state index in [1.807, 2.05) is 13.8 Å². The second-order valence-corrected chi connectivity index (χ2v) is 4.27. The molecule has 1 rings (SSSR count). The maximum Gasteiger partial charge on any atom is 0.222 e. The Bertz CT molecular complexity index is 187. The van der Waals surface area contributed by atoms with Crippen LogP contribution in [0.15, 0.2) is 0 Å². The second kappa shape index (κ2) is 5.32. The summed E-state index contributed by atoms with van der Waals surface area (Å²) in [7, 11) is 0. The van der Waals surface area contributed by atoms with E-state index >= 15 is 0 Å². The molecule has 0 heterocycles. The van der Waals surface area contributed by atoms with Crippen LogP contribution in [0.3, 0.4) is 0 Å². The normalized spacial score (nSPS) is 27.7. The summed E-state index contributed by atoms with van der Waals surface area (Å²) in [6, 6.07) is 0.316. The zero-order valence-corrected chi connectivity index (χ0v) is 8.95. The fourth-order valence-electron chi connectivity index (χ4n) is 1.71. The average molecular weight is 200 g/mol. The molecule has 0 saturated heterocycles. The van der Waals surface area contributed by atoms with Gasteiger partial charge in [0.05, 0.1) is 6.10 Å². The van der Waals surface area contributed by atoms with Gasteiger partial charge in [-0.3, -0.25) is 4.79 Å². The number of carbonyl (C=O) groups is 1. The number of rotatable bonds is 3. The molecule has 4 nitrogen and oxygen atoms in total. The van der Waals surface area contributed by atoms with E-state index in [0.29, 0.717) is 6.04 Å². The van der Waals surface area contributed by atoms with Crippen LogP contribution in [-0.2, 0) is 9.63 Å². The molecule has 0 aliphatic heterocycles. The standard InChI is InChI=1S/C10H20N2O2/c1-7(2)10(13)12-8-3-5-9(14-11)6-4-8/h7-9H,3-6,11H2,1-2H3,(H,12,13). The summed E-state index contributed by atoms with van der Waals surface area (Å²) >= 11 is 0. The van der Waals surface area contributed by atoms with E-state index in [4.69, 9.17) is 10.7 Å². The SMILES string of the molecule is CC(C)C(=O)NC1CCC(ON)CC1. The zero-order chi connectivity index (χ0) is 10.6. The summed E-state index contributed by atoms with van der Waals surface area (Å²) in [6.45, 7) is 3.81. The molecule has 1 aliphatic rings. The lowest BCUT2D eigenvalue weighted by Crippen LogP contribution is -2.41. The van der Waals surface area contributed by atoms with E-state index in [9.17, 15) is 4.79 Å². The Morgan fingerprint density at radius 3 is 2.36 bits per heavy atom. The zero-order valence-electron chi connectivity index (χ0n) is 8.95. The molecular weight excluding hydrogens is 180 g/mol. The van der Waals surface area contributed by atoms with Gasteiger partial charge in [-0.05, 0) is 25.7 Å². The molecule has 0 bridgehead atoms. The lowest BCUT2D eigenvalue weighted by atomic mass is 9.93. The first-order valence-corrected chi connectivity index (χ1v) is 5.29. The van der Waals surface area contributed by atoms with Gasteiger partial charge in [-0.2, -0.15) is 0 Å². The second-order valence-electron chi connectivity index (χ2n) is 4.27. The van der Waals surface area contributed by atoms with Crippen LogP contribution in [-0.4, -0.2) is 18.1 Å². The summed E-state index contributed by atoms with van der Waals surface area (Å²) in [4.78, 5) is 16.2. The lowest BCUT2D eigenvalue weighted by molar-refractivity contribution is -0.125. The summed E-state index contributed by atoms with van der Waals surface area (Å²) in [5.74, 6) is 5.32. The molecule has 0 aromatic rings. The van der Waals surface area contributed by atoms with Crippen molar-refractivity contribution in [1.82, 2.24) is 5.32 Å². The van der Waals surface area contributed by atoms with Crippen molar-refractivity contribution in [3.63, 3.8) is 0 Å². The predicted molar refractivity (Wildman–Crippen MR) is 54.3 cm³/mol. The molecule has 14 heavy (non-hydrogen) atoms. The third-order valence-electron chi connectivity index (χ3n) is 2.74. The van der Waals surface area contributed by atoms with Crippen molar-refractivity contribution >= 4 is 5.91 Å². The Kier molecular flexibility index (Phi) is 4.35. The summed E-state index contributed by atoms with van der Waals surface area (Å²) in [5.41, 5.74) is 0. The number of amides is 1. The van der Waals surface area contributed by atoms with Gasteiger partial charge in [0, 0.05) is 12.0 Å². The van der Waals surface area contributed by atoms with Gasteiger partial charge in [0.15, 0.2) is 0 Å². The molecule has 0 atom stereocenters. The molecule has 1 aliphatic carbocycles. The number of hydrogen-bond acceptors (Lipinski definition) is 3. The van der Waals surface area contributed by atoms with Crippen molar-refractivity contribution in [2.45, 2.75) is 51.7 Å². The maximum atomic E-state index is 11.4. The number of hydrogen-bond donors (Lipinski definition) is 2. The molecular formula is C10H20N2O2. The monoisotopic (exact) mass is 200 g/mol. The van der Waals surface area contributed by atoms with E-state index in [1.54, 1.807) is 0 Å². The molecule has 1 amide bonds. The van der Waals surface area contributed by atoms with E-state index in [0.717, 1.165) is 25.7 Å². The molecule has 1 fully saturated rings. The minimum atomic E-state index is 0.0680. The highest BCUT2D eigenvalue weighted by Gasteiger charge is 2.22. The molecule has 0 aromatic heterocycles. The minimum absolute atomic E-state index is 0.0680. The van der Waals surface area contributed by atoms with Crippen LogP contribution in [0.4, 0.5) is 0 Å². The van der Waals surface area contributed by atoms with Gasteiger partial charge in [-0.1, -0.05) is 13.8 Å². The minimum Gasteiger partial charge on any atom is -0.353 e. The van der Waals surface area contributed by atoms with Crippen LogP contribution in [0, 0.1) is 5.92 Å². The van der Waals surface area contributed by atoms with Crippen LogP contribution < -0.4 is 11.2 Å². The van der Waals surface area contributed by atoms with Gasteiger partial charge in [0.25, 0.3) is 0 Å². The van der Waals surface area contributed by atoms with Crippen molar-refractivity contribution in [3.05, 3.63) is 0 Å². The number of nitrogens with one attached hydrogen (secondary N) is 1. The highest BCUT2D eigenvalue weighted by Crippen LogP contribution is 2.20. The fraction of sp³-hybridized carbons (Fsp3) is 0.900. The highest BCUT2D eigenvalue weighted by molar-refractivity contribution is 5.78. The number of nitrogens with two attached hydrogens (primary N) is 1. The van der Waals surface area contributed by atoms with E-state index in [2.05, 4.69) is 5.32 Å². The van der Waals surface area contributed by atoms with Gasteiger partial charge in [-0.15, -0.1) is 0 Å². The van der Waals surface area contributed by atoms with Crippen LogP contribution in [0.25, 0.3) is 0 Å². The van der Waals surface area contributed by atoms with E-state index in [-0.39, 0.29) is 17.9 Å². The van der Waals surface area contributed by atoms with Crippen molar-refractivity contribution < 1.29 is 9.63 Å². The molecule has 0 radical (unpaired) electrons. The van der Waals surface area contributed by atoms with Crippen LogP contribution in [0.2, 0.25) is 0 Å². The Balaban J connectivity index is 2.25. The number of carbonyl (C=O) groups excluding carboxylic acids is 1. The predicted octanol–water partition coefficient (Wildman–Crippen LogP) is 0.960. The fourth-order valence-corrected chi connectivity index (χ4v) is 1.71.